The van der Waals surface area contributed by atoms with E-state index in [1.165, 1.54) is 24.1 Å². The summed E-state index contributed by atoms with van der Waals surface area (Å²) < 4.78 is 1.15. The van der Waals surface area contributed by atoms with Crippen LogP contribution in [0.25, 0.3) is 0 Å². The highest BCUT2D eigenvalue weighted by molar-refractivity contribution is 7.99. The number of nitrogens with zero attached hydrogens (tertiary/aromatic N) is 2. The Kier molecular flexibility index (Phi) is 4.95. The van der Waals surface area contributed by atoms with E-state index in [9.17, 15) is 9.59 Å². The molecule has 0 aliphatic heterocycles. The Hall–Kier alpha value is -2.08. The average Bonchev–Trinajstić information content (AvgIpc) is 2.47. The Morgan fingerprint density at radius 2 is 2.00 bits per heavy atom. The second-order valence-electron chi connectivity index (χ2n) is 4.10. The lowest BCUT2D eigenvalue weighted by molar-refractivity contribution is 0.0949. The molecule has 104 valence electrons. The van der Waals surface area contributed by atoms with Crippen molar-refractivity contribution in [1.29, 1.82) is 0 Å². The minimum atomic E-state index is -0.269. The van der Waals surface area contributed by atoms with E-state index in [0.717, 1.165) is 10.4 Å². The van der Waals surface area contributed by atoms with Gasteiger partial charge in [-0.05, 0) is 18.2 Å². The maximum absolute atomic E-state index is 11.8. The van der Waals surface area contributed by atoms with Crippen LogP contribution in [0.4, 0.5) is 0 Å². The molecule has 0 aliphatic rings. The second kappa shape index (κ2) is 6.91. The normalized spacial score (nSPS) is 10.2. The van der Waals surface area contributed by atoms with Crippen molar-refractivity contribution in [2.75, 3.05) is 12.3 Å². The van der Waals surface area contributed by atoms with Crippen molar-refractivity contribution in [2.45, 2.75) is 4.90 Å². The fraction of sp³-hybridized carbons (Fsp3) is 0.214. The van der Waals surface area contributed by atoms with Crippen LogP contribution in [-0.4, -0.2) is 28.0 Å². The fourth-order valence-corrected chi connectivity index (χ4v) is 2.35. The Morgan fingerprint density at radius 3 is 2.70 bits per heavy atom. The first-order valence-corrected chi connectivity index (χ1v) is 7.16. The molecule has 0 spiro atoms. The molecule has 0 saturated heterocycles. The molecule has 0 fully saturated rings. The minimum absolute atomic E-state index is 0.235. The van der Waals surface area contributed by atoms with Crippen LogP contribution in [0.2, 0.25) is 0 Å². The topological polar surface area (TPSA) is 64.0 Å². The van der Waals surface area contributed by atoms with Gasteiger partial charge in [-0.2, -0.15) is 5.10 Å². The molecule has 0 saturated carbocycles. The molecule has 6 heteroatoms. The summed E-state index contributed by atoms with van der Waals surface area (Å²) in [6.07, 6.45) is 0. The van der Waals surface area contributed by atoms with Crippen molar-refractivity contribution in [3.05, 3.63) is 58.5 Å². The van der Waals surface area contributed by atoms with Gasteiger partial charge in [-0.25, -0.2) is 4.68 Å². The molecular weight excluding hydrogens is 274 g/mol. The van der Waals surface area contributed by atoms with E-state index >= 15 is 0 Å². The van der Waals surface area contributed by atoms with Gasteiger partial charge in [0.2, 0.25) is 0 Å². The third-order valence-electron chi connectivity index (χ3n) is 2.59. The van der Waals surface area contributed by atoms with Crippen LogP contribution in [0.3, 0.4) is 0 Å². The van der Waals surface area contributed by atoms with E-state index in [2.05, 4.69) is 10.4 Å². The third-order valence-corrected chi connectivity index (χ3v) is 3.61. The standard InChI is InChI=1S/C14H15N3O2S/c1-17-13(18)8-7-12(16-17)14(19)15-9-10-20-11-5-3-2-4-6-11/h2-8H,9-10H2,1H3,(H,15,19). The molecule has 1 N–H and O–H groups in total. The Morgan fingerprint density at radius 1 is 1.25 bits per heavy atom. The predicted octanol–water partition coefficient (Wildman–Crippen LogP) is 1.30. The van der Waals surface area contributed by atoms with Crippen LogP contribution in [0.5, 0.6) is 0 Å². The molecule has 0 unspecified atom stereocenters. The summed E-state index contributed by atoms with van der Waals surface area (Å²) in [5.74, 6) is 0.510. The first kappa shape index (κ1) is 14.3. The smallest absolute Gasteiger partial charge is 0.271 e. The first-order valence-electron chi connectivity index (χ1n) is 6.17. The molecule has 0 bridgehead atoms. The molecule has 1 amide bonds. The quantitative estimate of drug-likeness (QED) is 0.666. The third kappa shape index (κ3) is 3.96. The van der Waals surface area contributed by atoms with Crippen LogP contribution < -0.4 is 10.9 Å². The van der Waals surface area contributed by atoms with E-state index in [1.807, 2.05) is 30.3 Å². The largest absolute Gasteiger partial charge is 0.350 e. The zero-order valence-electron chi connectivity index (χ0n) is 11.1. The molecule has 1 aromatic carbocycles. The van der Waals surface area contributed by atoms with E-state index in [-0.39, 0.29) is 17.2 Å². The summed E-state index contributed by atoms with van der Waals surface area (Å²) in [6, 6.07) is 12.8. The summed E-state index contributed by atoms with van der Waals surface area (Å²) in [5.41, 5.74) is 0.0120. The van der Waals surface area contributed by atoms with Gasteiger partial charge in [-0.15, -0.1) is 11.8 Å². The Labute approximate surface area is 121 Å². The number of benzene rings is 1. The number of hydrogen-bond acceptors (Lipinski definition) is 4. The number of carbonyl (C=O) groups excluding carboxylic acids is 1. The number of amides is 1. The van der Waals surface area contributed by atoms with Gasteiger partial charge in [0.25, 0.3) is 11.5 Å². The van der Waals surface area contributed by atoms with Crippen molar-refractivity contribution in [2.24, 2.45) is 7.05 Å². The van der Waals surface area contributed by atoms with Crippen molar-refractivity contribution < 1.29 is 4.79 Å². The van der Waals surface area contributed by atoms with Crippen LogP contribution >= 0.6 is 11.8 Å². The zero-order chi connectivity index (χ0) is 14.4. The lowest BCUT2D eigenvalue weighted by atomic mass is 10.3. The van der Waals surface area contributed by atoms with Gasteiger partial charge >= 0.3 is 0 Å². The van der Waals surface area contributed by atoms with Crippen LogP contribution in [0, 0.1) is 0 Å². The molecule has 1 heterocycles. The van der Waals surface area contributed by atoms with Crippen LogP contribution in [-0.2, 0) is 7.05 Å². The van der Waals surface area contributed by atoms with Crippen molar-refractivity contribution in [3.63, 3.8) is 0 Å². The lowest BCUT2D eigenvalue weighted by Crippen LogP contribution is -2.29. The lowest BCUT2D eigenvalue weighted by Gasteiger charge is -2.05. The number of hydrogen-bond donors (Lipinski definition) is 1. The Bertz CT molecular complexity index is 640. The van der Waals surface area contributed by atoms with Crippen molar-refractivity contribution in [1.82, 2.24) is 15.1 Å². The van der Waals surface area contributed by atoms with Crippen molar-refractivity contribution >= 4 is 17.7 Å². The Balaban J connectivity index is 1.80. The first-order chi connectivity index (χ1) is 9.66. The summed E-state index contributed by atoms with van der Waals surface area (Å²) in [4.78, 5) is 24.2. The maximum Gasteiger partial charge on any atom is 0.271 e. The number of nitrogens with one attached hydrogen (secondary N) is 1. The van der Waals surface area contributed by atoms with Gasteiger partial charge in [0, 0.05) is 30.3 Å². The number of carbonyl (C=O) groups is 1. The second-order valence-corrected chi connectivity index (χ2v) is 5.27. The van der Waals surface area contributed by atoms with E-state index in [0.29, 0.717) is 6.54 Å². The molecule has 2 aromatic rings. The predicted molar refractivity (Wildman–Crippen MR) is 79.0 cm³/mol. The minimum Gasteiger partial charge on any atom is -0.350 e. The summed E-state index contributed by atoms with van der Waals surface area (Å²) in [7, 11) is 1.52. The zero-order valence-corrected chi connectivity index (χ0v) is 11.9. The van der Waals surface area contributed by atoms with Gasteiger partial charge in [-0.3, -0.25) is 9.59 Å². The molecule has 1 aromatic heterocycles. The molecule has 20 heavy (non-hydrogen) atoms. The fourth-order valence-electron chi connectivity index (χ4n) is 1.56. The van der Waals surface area contributed by atoms with E-state index < -0.39 is 0 Å². The van der Waals surface area contributed by atoms with Crippen LogP contribution in [0.15, 0.2) is 52.2 Å². The van der Waals surface area contributed by atoms with E-state index in [4.69, 9.17) is 0 Å². The number of aryl methyl sites for hydroxylation is 1. The number of thioether (sulfide) groups is 1. The molecule has 2 rings (SSSR count). The SMILES string of the molecule is Cn1nc(C(=O)NCCSc2ccccc2)ccc1=O. The van der Waals surface area contributed by atoms with Crippen LogP contribution in [0.1, 0.15) is 10.5 Å². The number of aromatic nitrogens is 2. The van der Waals surface area contributed by atoms with Gasteiger partial charge in [0.05, 0.1) is 0 Å². The number of rotatable bonds is 5. The van der Waals surface area contributed by atoms with Gasteiger partial charge in [-0.1, -0.05) is 18.2 Å². The van der Waals surface area contributed by atoms with Gasteiger partial charge in [0.15, 0.2) is 0 Å². The van der Waals surface area contributed by atoms with Gasteiger partial charge in [0.1, 0.15) is 5.69 Å². The van der Waals surface area contributed by atoms with E-state index in [1.54, 1.807) is 11.8 Å². The van der Waals surface area contributed by atoms with Crippen molar-refractivity contribution in [3.8, 4) is 0 Å². The highest BCUT2D eigenvalue weighted by Crippen LogP contribution is 2.15. The summed E-state index contributed by atoms with van der Waals surface area (Å²) in [5, 5.41) is 6.67. The highest BCUT2D eigenvalue weighted by Gasteiger charge is 2.07. The molecule has 0 atom stereocenters. The summed E-state index contributed by atoms with van der Waals surface area (Å²) in [6.45, 7) is 0.545. The molecule has 0 radical (unpaired) electrons. The highest BCUT2D eigenvalue weighted by atomic mass is 32.2. The molecule has 0 aliphatic carbocycles. The molecule has 5 nitrogen and oxygen atoms in total. The van der Waals surface area contributed by atoms with Gasteiger partial charge < -0.3 is 5.32 Å². The monoisotopic (exact) mass is 289 g/mol. The average molecular weight is 289 g/mol. The summed E-state index contributed by atoms with van der Waals surface area (Å²) >= 11 is 1.67. The maximum atomic E-state index is 11.8. The molecular formula is C14H15N3O2S.